The standard InChI is InChI=1S/C16H20N4O2S/c1-4-6-12-11-13(23(3,21)22)7-8-14(12)20(5-2)15-9-10-18-16(17)19-15/h4,6-11H,5H2,1-3H3,(H2,17,18,19)/b6-4-. The molecule has 6 nitrogen and oxygen atoms in total. The van der Waals surface area contributed by atoms with Crippen molar-refractivity contribution in [2.75, 3.05) is 23.4 Å². The number of hydrogen-bond donors (Lipinski definition) is 1. The average molecular weight is 332 g/mol. The average Bonchev–Trinajstić information content (AvgIpc) is 2.49. The third kappa shape index (κ3) is 3.87. The monoisotopic (exact) mass is 332 g/mol. The summed E-state index contributed by atoms with van der Waals surface area (Å²) in [4.78, 5) is 10.4. The number of sulfone groups is 1. The van der Waals surface area contributed by atoms with Gasteiger partial charge in [0.15, 0.2) is 9.84 Å². The van der Waals surface area contributed by atoms with E-state index in [9.17, 15) is 8.42 Å². The summed E-state index contributed by atoms with van der Waals surface area (Å²) in [5.41, 5.74) is 7.32. The van der Waals surface area contributed by atoms with Crippen LogP contribution in [-0.2, 0) is 9.84 Å². The molecule has 0 saturated carbocycles. The van der Waals surface area contributed by atoms with E-state index in [0.29, 0.717) is 12.4 Å². The van der Waals surface area contributed by atoms with Crippen molar-refractivity contribution in [3.05, 3.63) is 42.1 Å². The van der Waals surface area contributed by atoms with Gasteiger partial charge in [0.2, 0.25) is 5.95 Å². The van der Waals surface area contributed by atoms with E-state index >= 15 is 0 Å². The van der Waals surface area contributed by atoms with E-state index < -0.39 is 9.84 Å². The third-order valence-corrected chi connectivity index (χ3v) is 4.43. The van der Waals surface area contributed by atoms with Gasteiger partial charge in [0.1, 0.15) is 5.82 Å². The van der Waals surface area contributed by atoms with Crippen LogP contribution in [-0.4, -0.2) is 31.2 Å². The van der Waals surface area contributed by atoms with Gasteiger partial charge in [-0.05, 0) is 43.7 Å². The van der Waals surface area contributed by atoms with Gasteiger partial charge in [0.05, 0.1) is 4.90 Å². The molecule has 0 fully saturated rings. The number of nitrogens with two attached hydrogens (primary N) is 1. The van der Waals surface area contributed by atoms with Crippen LogP contribution in [0.4, 0.5) is 17.5 Å². The maximum Gasteiger partial charge on any atom is 0.221 e. The van der Waals surface area contributed by atoms with Crippen LogP contribution in [0.3, 0.4) is 0 Å². The van der Waals surface area contributed by atoms with Crippen molar-refractivity contribution >= 4 is 33.4 Å². The van der Waals surface area contributed by atoms with Crippen LogP contribution in [0.1, 0.15) is 19.4 Å². The first-order valence-electron chi connectivity index (χ1n) is 7.19. The smallest absolute Gasteiger partial charge is 0.221 e. The molecular weight excluding hydrogens is 312 g/mol. The number of nitrogens with zero attached hydrogens (tertiary/aromatic N) is 3. The molecule has 2 rings (SSSR count). The summed E-state index contributed by atoms with van der Waals surface area (Å²) in [6.45, 7) is 4.53. The molecule has 0 bridgehead atoms. The molecule has 2 N–H and O–H groups in total. The van der Waals surface area contributed by atoms with Gasteiger partial charge in [0, 0.05) is 24.7 Å². The fraction of sp³-hybridized carbons (Fsp3) is 0.250. The van der Waals surface area contributed by atoms with E-state index in [1.807, 2.05) is 30.9 Å². The fourth-order valence-electron chi connectivity index (χ4n) is 2.29. The summed E-state index contributed by atoms with van der Waals surface area (Å²) in [7, 11) is -3.26. The van der Waals surface area contributed by atoms with Gasteiger partial charge in [-0.1, -0.05) is 12.2 Å². The minimum absolute atomic E-state index is 0.196. The second kappa shape index (κ2) is 6.78. The zero-order chi connectivity index (χ0) is 17.0. The van der Waals surface area contributed by atoms with E-state index in [0.717, 1.165) is 11.3 Å². The summed E-state index contributed by atoms with van der Waals surface area (Å²) in [6.07, 6.45) is 6.54. The number of benzene rings is 1. The summed E-state index contributed by atoms with van der Waals surface area (Å²) < 4.78 is 23.6. The minimum atomic E-state index is -3.26. The molecule has 0 radical (unpaired) electrons. The molecule has 0 unspecified atom stereocenters. The number of nitrogen functional groups attached to an aromatic ring is 1. The van der Waals surface area contributed by atoms with E-state index in [2.05, 4.69) is 9.97 Å². The van der Waals surface area contributed by atoms with Gasteiger partial charge in [-0.15, -0.1) is 0 Å². The van der Waals surface area contributed by atoms with Crippen molar-refractivity contribution < 1.29 is 8.42 Å². The second-order valence-electron chi connectivity index (χ2n) is 5.01. The maximum absolute atomic E-state index is 11.8. The molecule has 1 heterocycles. The lowest BCUT2D eigenvalue weighted by molar-refractivity contribution is 0.602. The summed E-state index contributed by atoms with van der Waals surface area (Å²) >= 11 is 0. The Bertz CT molecular complexity index is 832. The molecule has 122 valence electrons. The van der Waals surface area contributed by atoms with Crippen molar-refractivity contribution in [3.8, 4) is 0 Å². The third-order valence-electron chi connectivity index (χ3n) is 3.32. The van der Waals surface area contributed by atoms with E-state index in [-0.39, 0.29) is 10.8 Å². The van der Waals surface area contributed by atoms with Crippen LogP contribution in [0.15, 0.2) is 41.4 Å². The van der Waals surface area contributed by atoms with Crippen molar-refractivity contribution in [1.29, 1.82) is 0 Å². The van der Waals surface area contributed by atoms with Gasteiger partial charge < -0.3 is 10.6 Å². The van der Waals surface area contributed by atoms with Crippen molar-refractivity contribution in [2.45, 2.75) is 18.7 Å². The lowest BCUT2D eigenvalue weighted by Crippen LogP contribution is -2.19. The molecule has 2 aromatic rings. The van der Waals surface area contributed by atoms with Crippen LogP contribution >= 0.6 is 0 Å². The number of anilines is 3. The number of aromatic nitrogens is 2. The number of allylic oxidation sites excluding steroid dienone is 1. The van der Waals surface area contributed by atoms with Crippen LogP contribution in [0.25, 0.3) is 6.08 Å². The SMILES string of the molecule is C/C=C\c1cc(S(C)(=O)=O)ccc1N(CC)c1ccnc(N)n1. The Labute approximate surface area is 136 Å². The predicted octanol–water partition coefficient (Wildman–Crippen LogP) is 2.65. The lowest BCUT2D eigenvalue weighted by atomic mass is 10.1. The molecular formula is C16H20N4O2S. The largest absolute Gasteiger partial charge is 0.368 e. The summed E-state index contributed by atoms with van der Waals surface area (Å²) in [5, 5.41) is 0. The summed E-state index contributed by atoms with van der Waals surface area (Å²) in [6, 6.07) is 6.82. The maximum atomic E-state index is 11.8. The topological polar surface area (TPSA) is 89.2 Å². The Morgan fingerprint density at radius 1 is 1.30 bits per heavy atom. The molecule has 1 aromatic heterocycles. The molecule has 23 heavy (non-hydrogen) atoms. The van der Waals surface area contributed by atoms with Crippen molar-refractivity contribution in [3.63, 3.8) is 0 Å². The zero-order valence-electron chi connectivity index (χ0n) is 13.4. The predicted molar refractivity (Wildman–Crippen MR) is 93.4 cm³/mol. The molecule has 7 heteroatoms. The Morgan fingerprint density at radius 2 is 2.04 bits per heavy atom. The molecule has 0 aliphatic heterocycles. The van der Waals surface area contributed by atoms with Gasteiger partial charge in [0.25, 0.3) is 0 Å². The van der Waals surface area contributed by atoms with E-state index in [4.69, 9.17) is 5.73 Å². The highest BCUT2D eigenvalue weighted by molar-refractivity contribution is 7.90. The normalized spacial score (nSPS) is 11.8. The molecule has 0 aliphatic carbocycles. The number of hydrogen-bond acceptors (Lipinski definition) is 6. The van der Waals surface area contributed by atoms with Crippen molar-refractivity contribution in [2.24, 2.45) is 0 Å². The Hall–Kier alpha value is -2.41. The quantitative estimate of drug-likeness (QED) is 0.905. The molecule has 0 aliphatic rings. The molecule has 0 amide bonds. The van der Waals surface area contributed by atoms with Crippen LogP contribution in [0.5, 0.6) is 0 Å². The van der Waals surface area contributed by atoms with E-state index in [1.165, 1.54) is 6.26 Å². The Morgan fingerprint density at radius 3 is 2.61 bits per heavy atom. The first-order chi connectivity index (χ1) is 10.9. The first kappa shape index (κ1) is 17.0. The second-order valence-corrected chi connectivity index (χ2v) is 7.03. The fourth-order valence-corrected chi connectivity index (χ4v) is 2.95. The van der Waals surface area contributed by atoms with Gasteiger partial charge >= 0.3 is 0 Å². The molecule has 1 aromatic carbocycles. The van der Waals surface area contributed by atoms with Gasteiger partial charge in [-0.25, -0.2) is 13.4 Å². The molecule has 0 saturated heterocycles. The van der Waals surface area contributed by atoms with Crippen LogP contribution in [0, 0.1) is 0 Å². The van der Waals surface area contributed by atoms with Gasteiger partial charge in [-0.3, -0.25) is 0 Å². The Balaban J connectivity index is 2.60. The summed E-state index contributed by atoms with van der Waals surface area (Å²) in [5.74, 6) is 0.860. The Kier molecular flexibility index (Phi) is 5.00. The molecule has 0 atom stereocenters. The van der Waals surface area contributed by atoms with Crippen molar-refractivity contribution in [1.82, 2.24) is 9.97 Å². The number of rotatable bonds is 5. The lowest BCUT2D eigenvalue weighted by Gasteiger charge is -2.24. The van der Waals surface area contributed by atoms with Gasteiger partial charge in [-0.2, -0.15) is 4.98 Å². The highest BCUT2D eigenvalue weighted by Gasteiger charge is 2.15. The van der Waals surface area contributed by atoms with Crippen LogP contribution in [0.2, 0.25) is 0 Å². The minimum Gasteiger partial charge on any atom is -0.368 e. The first-order valence-corrected chi connectivity index (χ1v) is 9.08. The highest BCUT2D eigenvalue weighted by Crippen LogP contribution is 2.30. The zero-order valence-corrected chi connectivity index (χ0v) is 14.2. The van der Waals surface area contributed by atoms with Crippen LogP contribution < -0.4 is 10.6 Å². The molecule has 0 spiro atoms. The van der Waals surface area contributed by atoms with E-state index in [1.54, 1.807) is 30.5 Å². The highest BCUT2D eigenvalue weighted by atomic mass is 32.2.